The molecule has 26 heavy (non-hydrogen) atoms. The van der Waals surface area contributed by atoms with Crippen LogP contribution in [0, 0.1) is 0 Å². The molecule has 2 aliphatic rings. The van der Waals surface area contributed by atoms with Crippen molar-refractivity contribution in [1.82, 2.24) is 9.78 Å². The molecule has 0 radical (unpaired) electrons. The third-order valence-corrected chi connectivity index (χ3v) is 3.72. The third kappa shape index (κ3) is 4.70. The smallest absolute Gasteiger partial charge is 0.328 e. The lowest BCUT2D eigenvalue weighted by molar-refractivity contribution is -0.134. The van der Waals surface area contributed by atoms with E-state index in [0.29, 0.717) is 12.2 Å². The molecule has 8 nitrogen and oxygen atoms in total. The van der Waals surface area contributed by atoms with E-state index in [2.05, 4.69) is 23.3 Å². The molecule has 1 atom stereocenters. The van der Waals surface area contributed by atoms with Gasteiger partial charge >= 0.3 is 11.9 Å². The summed E-state index contributed by atoms with van der Waals surface area (Å²) < 4.78 is 7.26. The highest BCUT2D eigenvalue weighted by Crippen LogP contribution is 2.26. The largest absolute Gasteiger partial charge is 0.497 e. The van der Waals surface area contributed by atoms with Gasteiger partial charge in [-0.1, -0.05) is 0 Å². The Morgan fingerprint density at radius 2 is 2.00 bits per heavy atom. The van der Waals surface area contributed by atoms with Gasteiger partial charge in [-0.2, -0.15) is 5.10 Å². The number of aliphatic carboxylic acids is 2. The number of methoxy groups -OCH3 is 1. The molecule has 3 rings (SSSR count). The minimum atomic E-state index is -1.26. The monoisotopic (exact) mass is 359 g/mol. The molecule has 1 heterocycles. The van der Waals surface area contributed by atoms with E-state index in [1.54, 1.807) is 7.11 Å². The van der Waals surface area contributed by atoms with Gasteiger partial charge in [0.25, 0.3) is 0 Å². The maximum absolute atomic E-state index is 9.55. The van der Waals surface area contributed by atoms with E-state index in [1.165, 1.54) is 21.7 Å². The lowest BCUT2D eigenvalue weighted by Crippen LogP contribution is -2.33. The first-order valence-corrected chi connectivity index (χ1v) is 7.94. The molecular formula is C18H21N3O5. The Balaban J connectivity index is 0.000000260. The number of ether oxygens (including phenoxy) is 1. The van der Waals surface area contributed by atoms with Crippen molar-refractivity contribution in [2.45, 2.75) is 25.9 Å². The maximum atomic E-state index is 9.55. The first-order chi connectivity index (χ1) is 12.3. The van der Waals surface area contributed by atoms with Gasteiger partial charge in [-0.25, -0.2) is 9.59 Å². The van der Waals surface area contributed by atoms with Crippen LogP contribution in [-0.2, 0) is 20.9 Å². The van der Waals surface area contributed by atoms with E-state index < -0.39 is 11.9 Å². The minimum Gasteiger partial charge on any atom is -0.497 e. The van der Waals surface area contributed by atoms with Crippen molar-refractivity contribution in [3.8, 4) is 0 Å². The molecule has 4 N–H and O–H groups in total. The first kappa shape index (κ1) is 19.2. The summed E-state index contributed by atoms with van der Waals surface area (Å²) in [6.45, 7) is 2.74. The highest BCUT2D eigenvalue weighted by molar-refractivity contribution is 5.89. The van der Waals surface area contributed by atoms with Gasteiger partial charge in [-0.3, -0.25) is 4.68 Å². The molecule has 8 heteroatoms. The summed E-state index contributed by atoms with van der Waals surface area (Å²) in [7, 11) is 1.70. The van der Waals surface area contributed by atoms with Crippen LogP contribution in [0.5, 0.6) is 0 Å². The molecule has 138 valence electrons. The van der Waals surface area contributed by atoms with E-state index in [4.69, 9.17) is 20.7 Å². The molecule has 0 saturated carbocycles. The Bertz CT molecular complexity index is 903. The predicted octanol–water partition coefficient (Wildman–Crippen LogP) is -0.253. The van der Waals surface area contributed by atoms with Crippen LogP contribution in [0.1, 0.15) is 13.3 Å². The van der Waals surface area contributed by atoms with Gasteiger partial charge in [-0.15, -0.1) is 0 Å². The van der Waals surface area contributed by atoms with Crippen LogP contribution in [0.15, 0.2) is 41.8 Å². The number of carbonyl (C=O) groups is 2. The highest BCUT2D eigenvalue weighted by atomic mass is 16.5. The quantitative estimate of drug-likeness (QED) is 0.618. The number of carboxylic acid groups (broad SMARTS) is 2. The zero-order valence-corrected chi connectivity index (χ0v) is 14.5. The number of hydrogen-bond acceptors (Lipinski definition) is 5. The van der Waals surface area contributed by atoms with Crippen LogP contribution < -0.4 is 16.3 Å². The van der Waals surface area contributed by atoms with Crippen molar-refractivity contribution in [3.05, 3.63) is 52.4 Å². The summed E-state index contributed by atoms with van der Waals surface area (Å²) in [5, 5.41) is 22.4. The number of carboxylic acids is 2. The number of fused-ring (bicyclic) bond motifs is 2. The van der Waals surface area contributed by atoms with Crippen LogP contribution in [0.25, 0.3) is 11.6 Å². The number of hydrogen-bond donors (Lipinski definition) is 3. The summed E-state index contributed by atoms with van der Waals surface area (Å²) in [6.07, 6.45) is 10.3. The second kappa shape index (κ2) is 8.30. The van der Waals surface area contributed by atoms with E-state index in [9.17, 15) is 9.59 Å². The molecule has 0 amide bonds. The Hall–Kier alpha value is -3.13. The van der Waals surface area contributed by atoms with Gasteiger partial charge in [-0.05, 0) is 42.7 Å². The maximum Gasteiger partial charge on any atom is 0.328 e. The van der Waals surface area contributed by atoms with Crippen LogP contribution in [0.2, 0.25) is 0 Å². The van der Waals surface area contributed by atoms with Crippen LogP contribution >= 0.6 is 0 Å². The number of aromatic nitrogens is 2. The molecular weight excluding hydrogens is 338 g/mol. The lowest BCUT2D eigenvalue weighted by atomic mass is 9.99. The molecule has 1 unspecified atom stereocenters. The fraction of sp³-hybridized carbons (Fsp3) is 0.278. The Labute approximate surface area is 149 Å². The topological polar surface area (TPSA) is 128 Å². The number of allylic oxidation sites excluding steroid dienone is 3. The van der Waals surface area contributed by atoms with Gasteiger partial charge in [0, 0.05) is 23.4 Å². The van der Waals surface area contributed by atoms with Crippen molar-refractivity contribution < 1.29 is 24.5 Å². The summed E-state index contributed by atoms with van der Waals surface area (Å²) in [5.41, 5.74) is 8.41. The molecule has 0 aromatic carbocycles. The second-order valence-electron chi connectivity index (χ2n) is 5.85. The molecule has 0 aliphatic heterocycles. The first-order valence-electron chi connectivity index (χ1n) is 7.94. The molecule has 0 saturated heterocycles. The van der Waals surface area contributed by atoms with Gasteiger partial charge in [0.05, 0.1) is 25.2 Å². The van der Waals surface area contributed by atoms with Crippen LogP contribution in [0.4, 0.5) is 0 Å². The summed E-state index contributed by atoms with van der Waals surface area (Å²) in [5.74, 6) is -1.58. The predicted molar refractivity (Wildman–Crippen MR) is 95.2 cm³/mol. The Morgan fingerprint density at radius 3 is 2.54 bits per heavy atom. The van der Waals surface area contributed by atoms with Crippen molar-refractivity contribution in [2.75, 3.05) is 7.11 Å². The minimum absolute atomic E-state index is 0.108. The Kier molecular flexibility index (Phi) is 6.13. The average Bonchev–Trinajstić information content (AvgIpc) is 3.12. The Morgan fingerprint density at radius 1 is 1.35 bits per heavy atom. The third-order valence-electron chi connectivity index (χ3n) is 3.72. The van der Waals surface area contributed by atoms with E-state index in [1.807, 2.05) is 17.8 Å². The normalized spacial score (nSPS) is 15.7. The average molecular weight is 359 g/mol. The SMILES string of the molecule is COC1=CCC2=c3cnn(CC(C)N)c3=CC2=C1.O=C(O)/C=C/C(=O)O. The highest BCUT2D eigenvalue weighted by Gasteiger charge is 2.18. The zero-order chi connectivity index (χ0) is 19.3. The zero-order valence-electron chi connectivity index (χ0n) is 14.5. The van der Waals surface area contributed by atoms with E-state index >= 15 is 0 Å². The summed E-state index contributed by atoms with van der Waals surface area (Å²) in [4.78, 5) is 19.1. The van der Waals surface area contributed by atoms with Crippen LogP contribution in [0.3, 0.4) is 0 Å². The van der Waals surface area contributed by atoms with Gasteiger partial charge in [0.15, 0.2) is 0 Å². The van der Waals surface area contributed by atoms with Gasteiger partial charge in [0.2, 0.25) is 0 Å². The van der Waals surface area contributed by atoms with E-state index in [-0.39, 0.29) is 6.04 Å². The van der Waals surface area contributed by atoms with Gasteiger partial charge < -0.3 is 20.7 Å². The molecule has 2 aliphatic carbocycles. The number of rotatable bonds is 5. The van der Waals surface area contributed by atoms with Crippen LogP contribution in [-0.4, -0.2) is 45.1 Å². The van der Waals surface area contributed by atoms with Crippen molar-refractivity contribution in [1.29, 1.82) is 0 Å². The fourth-order valence-corrected chi connectivity index (χ4v) is 2.64. The summed E-state index contributed by atoms with van der Waals surface area (Å²) >= 11 is 0. The molecule has 0 spiro atoms. The number of nitrogens with zero attached hydrogens (tertiary/aromatic N) is 2. The number of nitrogens with two attached hydrogens (primary N) is 1. The van der Waals surface area contributed by atoms with Crippen molar-refractivity contribution >= 4 is 23.6 Å². The standard InChI is InChI=1S/C14H17N3O.C4H4O4/c1-9(15)8-17-14-6-10-5-11(18-2)3-4-12(10)13(14)7-16-17;5-3(6)1-2-4(7)8/h3,5-7,9H,4,8,15H2,1-2H3;1-2H,(H,5,6)(H,7,8)/b;2-1+. The van der Waals surface area contributed by atoms with Crippen molar-refractivity contribution in [3.63, 3.8) is 0 Å². The second-order valence-corrected chi connectivity index (χ2v) is 5.85. The molecule has 0 bridgehead atoms. The lowest BCUT2D eigenvalue weighted by Gasteiger charge is -2.11. The van der Waals surface area contributed by atoms with E-state index in [0.717, 1.165) is 18.7 Å². The fourth-order valence-electron chi connectivity index (χ4n) is 2.64. The van der Waals surface area contributed by atoms with Crippen molar-refractivity contribution in [2.24, 2.45) is 5.73 Å². The molecule has 1 aromatic rings. The molecule has 1 aromatic heterocycles. The summed E-state index contributed by atoms with van der Waals surface area (Å²) in [6, 6.07) is 0.108. The molecule has 0 fully saturated rings. The van der Waals surface area contributed by atoms with Gasteiger partial charge in [0.1, 0.15) is 5.76 Å².